The average Bonchev–Trinajstić information content (AvgIpc) is 3.44. The number of ether oxygens (including phenoxy) is 2. The molecule has 1 aliphatic carbocycles. The average molecular weight is 407 g/mol. The van der Waals surface area contributed by atoms with Crippen molar-refractivity contribution < 1.29 is 28.6 Å². The van der Waals surface area contributed by atoms with Gasteiger partial charge in [0, 0.05) is 24.6 Å². The lowest BCUT2D eigenvalue weighted by molar-refractivity contribution is 0.00644. The van der Waals surface area contributed by atoms with E-state index in [1.54, 1.807) is 26.8 Å². The second-order valence-corrected chi connectivity index (χ2v) is 9.18. The van der Waals surface area contributed by atoms with E-state index in [0.717, 1.165) is 31.2 Å². The molecule has 2 aliphatic rings. The van der Waals surface area contributed by atoms with Crippen LogP contribution in [0.4, 0.5) is 9.18 Å². The number of halogens is 1. The molecule has 160 valence electrons. The molecule has 0 aromatic heterocycles. The van der Waals surface area contributed by atoms with Crippen LogP contribution >= 0.6 is 0 Å². The van der Waals surface area contributed by atoms with Gasteiger partial charge in [-0.2, -0.15) is 0 Å². The van der Waals surface area contributed by atoms with Gasteiger partial charge in [-0.1, -0.05) is 0 Å². The van der Waals surface area contributed by atoms with Crippen molar-refractivity contribution in [1.82, 2.24) is 4.90 Å². The van der Waals surface area contributed by atoms with Crippen LogP contribution in [0.15, 0.2) is 12.1 Å². The van der Waals surface area contributed by atoms with Crippen molar-refractivity contribution in [3.05, 3.63) is 29.1 Å². The highest BCUT2D eigenvalue weighted by atomic mass is 19.1. The molecular formula is C22H30FNO5. The topological polar surface area (TPSA) is 76.1 Å². The van der Waals surface area contributed by atoms with Crippen LogP contribution < -0.4 is 4.74 Å². The Morgan fingerprint density at radius 2 is 1.90 bits per heavy atom. The molecular weight excluding hydrogens is 377 g/mol. The van der Waals surface area contributed by atoms with Gasteiger partial charge in [-0.05, 0) is 70.9 Å². The lowest BCUT2D eigenvalue weighted by Gasteiger charge is -2.36. The summed E-state index contributed by atoms with van der Waals surface area (Å²) in [7, 11) is 0. The third kappa shape index (κ3) is 5.40. The molecule has 1 amide bonds. The van der Waals surface area contributed by atoms with Crippen molar-refractivity contribution in [2.24, 2.45) is 5.92 Å². The number of amides is 1. The zero-order valence-electron chi connectivity index (χ0n) is 17.5. The van der Waals surface area contributed by atoms with Gasteiger partial charge in [0.2, 0.25) is 0 Å². The minimum absolute atomic E-state index is 0.00340. The zero-order valence-corrected chi connectivity index (χ0v) is 17.5. The number of carbonyl (C=O) groups excluding carboxylic acids is 1. The fourth-order valence-corrected chi connectivity index (χ4v) is 3.69. The van der Waals surface area contributed by atoms with E-state index in [2.05, 4.69) is 0 Å². The summed E-state index contributed by atoms with van der Waals surface area (Å²) in [6.45, 7) is 7.87. The molecule has 1 heterocycles. The van der Waals surface area contributed by atoms with Crippen LogP contribution in [0.2, 0.25) is 0 Å². The van der Waals surface area contributed by atoms with Crippen LogP contribution in [-0.2, 0) is 4.74 Å². The first kappa shape index (κ1) is 21.4. The van der Waals surface area contributed by atoms with Crippen molar-refractivity contribution in [2.75, 3.05) is 13.2 Å². The van der Waals surface area contributed by atoms with Gasteiger partial charge >= 0.3 is 12.1 Å². The summed E-state index contributed by atoms with van der Waals surface area (Å²) in [6, 6.07) is 2.83. The molecule has 7 heteroatoms. The van der Waals surface area contributed by atoms with Gasteiger partial charge in [0.25, 0.3) is 0 Å². The first-order valence-corrected chi connectivity index (χ1v) is 10.2. The van der Waals surface area contributed by atoms with Gasteiger partial charge < -0.3 is 19.5 Å². The van der Waals surface area contributed by atoms with Crippen molar-refractivity contribution in [1.29, 1.82) is 0 Å². The highest BCUT2D eigenvalue weighted by Crippen LogP contribution is 2.45. The largest absolute Gasteiger partial charge is 0.493 e. The van der Waals surface area contributed by atoms with Gasteiger partial charge in [0.05, 0.1) is 12.2 Å². The second-order valence-electron chi connectivity index (χ2n) is 9.18. The molecule has 0 bridgehead atoms. The van der Waals surface area contributed by atoms with Crippen LogP contribution in [0, 0.1) is 11.7 Å². The van der Waals surface area contributed by atoms with E-state index < -0.39 is 23.5 Å². The smallest absolute Gasteiger partial charge is 0.407 e. The predicted molar refractivity (Wildman–Crippen MR) is 106 cm³/mol. The van der Waals surface area contributed by atoms with Gasteiger partial charge in [-0.25, -0.2) is 14.0 Å². The van der Waals surface area contributed by atoms with Crippen LogP contribution in [0.25, 0.3) is 0 Å². The van der Waals surface area contributed by atoms with E-state index in [4.69, 9.17) is 9.47 Å². The summed E-state index contributed by atoms with van der Waals surface area (Å²) < 4.78 is 25.9. The highest BCUT2D eigenvalue weighted by molar-refractivity contribution is 5.90. The Labute approximate surface area is 171 Å². The molecule has 1 saturated carbocycles. The van der Waals surface area contributed by atoms with Crippen LogP contribution in [0.3, 0.4) is 0 Å². The van der Waals surface area contributed by atoms with E-state index in [9.17, 15) is 19.1 Å². The fourth-order valence-electron chi connectivity index (χ4n) is 3.69. The normalized spacial score (nSPS) is 22.3. The lowest BCUT2D eigenvalue weighted by atomic mass is 9.94. The van der Waals surface area contributed by atoms with Crippen LogP contribution in [0.1, 0.15) is 75.2 Å². The Morgan fingerprint density at radius 3 is 2.48 bits per heavy atom. The molecule has 1 aromatic carbocycles. The van der Waals surface area contributed by atoms with Gasteiger partial charge in [0.15, 0.2) is 0 Å². The third-order valence-electron chi connectivity index (χ3n) is 5.44. The van der Waals surface area contributed by atoms with Crippen LogP contribution in [0.5, 0.6) is 5.75 Å². The van der Waals surface area contributed by atoms with Crippen molar-refractivity contribution >= 4 is 12.1 Å². The molecule has 2 fully saturated rings. The quantitative estimate of drug-likeness (QED) is 0.709. The van der Waals surface area contributed by atoms with E-state index in [-0.39, 0.29) is 23.4 Å². The maximum absolute atomic E-state index is 14.7. The Kier molecular flexibility index (Phi) is 6.05. The lowest BCUT2D eigenvalue weighted by Crippen LogP contribution is -2.46. The molecule has 1 saturated heterocycles. The monoisotopic (exact) mass is 407 g/mol. The van der Waals surface area contributed by atoms with Gasteiger partial charge in [0.1, 0.15) is 17.2 Å². The molecule has 1 aromatic rings. The summed E-state index contributed by atoms with van der Waals surface area (Å²) in [5.74, 6) is -0.584. The summed E-state index contributed by atoms with van der Waals surface area (Å²) in [6.07, 6.45) is 2.67. The number of hydrogen-bond donors (Lipinski definition) is 1. The third-order valence-corrected chi connectivity index (χ3v) is 5.44. The van der Waals surface area contributed by atoms with Crippen molar-refractivity contribution in [2.45, 2.75) is 70.9 Å². The number of rotatable bonds is 5. The van der Waals surface area contributed by atoms with Crippen molar-refractivity contribution in [3.8, 4) is 5.75 Å². The van der Waals surface area contributed by atoms with E-state index >= 15 is 0 Å². The summed E-state index contributed by atoms with van der Waals surface area (Å²) >= 11 is 0. The Bertz CT molecular complexity index is 784. The molecule has 2 atom stereocenters. The molecule has 0 spiro atoms. The predicted octanol–water partition coefficient (Wildman–Crippen LogP) is 4.82. The Morgan fingerprint density at radius 1 is 1.21 bits per heavy atom. The number of piperidine rings is 1. The number of benzene rings is 1. The number of likely N-dealkylation sites (tertiary alicyclic amines) is 1. The van der Waals surface area contributed by atoms with Gasteiger partial charge in [-0.3, -0.25) is 0 Å². The first-order chi connectivity index (χ1) is 13.5. The summed E-state index contributed by atoms with van der Waals surface area (Å²) in [5, 5.41) is 9.33. The second kappa shape index (κ2) is 8.20. The molecule has 2 unspecified atom stereocenters. The Balaban J connectivity index is 1.73. The molecule has 29 heavy (non-hydrogen) atoms. The van der Waals surface area contributed by atoms with Crippen molar-refractivity contribution in [3.63, 3.8) is 0 Å². The number of nitrogens with zero attached hydrogens (tertiary/aromatic N) is 1. The number of esters is 1. The SMILES string of the molecule is CC1CCC(COc2cc(F)c(C(=O)OC(C)(C)C)cc2C2CC2)CN1C(=O)O. The number of carbonyl (C=O) groups is 2. The van der Waals surface area contributed by atoms with Gasteiger partial charge in [-0.15, -0.1) is 0 Å². The maximum Gasteiger partial charge on any atom is 0.407 e. The number of carboxylic acid groups (broad SMARTS) is 1. The molecule has 0 radical (unpaired) electrons. The number of hydrogen-bond acceptors (Lipinski definition) is 4. The maximum atomic E-state index is 14.7. The zero-order chi connectivity index (χ0) is 21.3. The molecule has 1 aliphatic heterocycles. The van der Waals surface area contributed by atoms with E-state index in [0.29, 0.717) is 18.9 Å². The summed E-state index contributed by atoms with van der Waals surface area (Å²) in [5.41, 5.74) is 0.0521. The standard InChI is InChI=1S/C22H30FNO5/c1-13-5-6-14(11-24(13)21(26)27)12-28-19-10-18(23)17(9-16(19)15-7-8-15)20(25)29-22(2,3)4/h9-10,13-15H,5-8,11-12H2,1-4H3,(H,26,27). The van der Waals surface area contributed by atoms with Crippen LogP contribution in [-0.4, -0.2) is 46.9 Å². The minimum atomic E-state index is -0.923. The van der Waals surface area contributed by atoms with E-state index in [1.807, 2.05) is 6.92 Å². The van der Waals surface area contributed by atoms with E-state index in [1.165, 1.54) is 11.0 Å². The Hall–Kier alpha value is -2.31. The first-order valence-electron chi connectivity index (χ1n) is 10.2. The molecule has 6 nitrogen and oxygen atoms in total. The molecule has 3 rings (SSSR count). The minimum Gasteiger partial charge on any atom is -0.493 e. The summed E-state index contributed by atoms with van der Waals surface area (Å²) in [4.78, 5) is 25.2. The highest BCUT2D eigenvalue weighted by Gasteiger charge is 2.32. The molecule has 1 N–H and O–H groups in total. The fraction of sp³-hybridized carbons (Fsp3) is 0.636.